The molecule has 2 heterocycles. The highest BCUT2D eigenvalue weighted by Gasteiger charge is 2.18. The maximum absolute atomic E-state index is 13.8. The number of pyridine rings is 2. The molecule has 0 unspecified atom stereocenters. The van der Waals surface area contributed by atoms with E-state index in [1.54, 1.807) is 36.4 Å². The van der Waals surface area contributed by atoms with Gasteiger partial charge in [-0.1, -0.05) is 24.3 Å². The molecule has 42 heavy (non-hydrogen) atoms. The van der Waals surface area contributed by atoms with E-state index in [0.29, 0.717) is 43.4 Å². The van der Waals surface area contributed by atoms with E-state index in [4.69, 9.17) is 6.57 Å². The standard InChI is InChI=1S/C32H12F4N6/c1-38-42-32-24-7-16(18-10-29(35)41-30(36)11-18)3-5-20(24)22-12-25-21(13-26(22)32)19-4-2-15(6-23(19)31(25)39-14-37)17-8-27(33)40-28(34)9-17/h2-13H/b39-31+,42-32+. The lowest BCUT2D eigenvalue weighted by Gasteiger charge is -2.03. The molecule has 0 saturated carbocycles. The Morgan fingerprint density at radius 1 is 0.548 bits per heavy atom. The fourth-order valence-corrected chi connectivity index (χ4v) is 5.63. The number of fused-ring (bicyclic) bond motifs is 6. The summed E-state index contributed by atoms with van der Waals surface area (Å²) >= 11 is 0. The summed E-state index contributed by atoms with van der Waals surface area (Å²) in [6.45, 7) is 7.43. The van der Waals surface area contributed by atoms with Gasteiger partial charge in [-0.3, -0.25) is 0 Å². The lowest BCUT2D eigenvalue weighted by atomic mass is 10.0. The topological polar surface area (TPSA) is 78.6 Å². The van der Waals surface area contributed by atoms with Crippen LogP contribution in [0.1, 0.15) is 0 Å². The number of hydrogen-bond donors (Lipinski definition) is 0. The normalized spacial score (nSPS) is 12.5. The average molecular weight is 556 g/mol. The van der Waals surface area contributed by atoms with Crippen molar-refractivity contribution in [3.8, 4) is 28.4 Å². The van der Waals surface area contributed by atoms with Crippen LogP contribution in [0.4, 0.5) is 17.6 Å². The van der Waals surface area contributed by atoms with Gasteiger partial charge in [0.25, 0.3) is 0 Å². The van der Waals surface area contributed by atoms with Crippen molar-refractivity contribution in [3.63, 3.8) is 0 Å². The molecule has 0 atom stereocenters. The third-order valence-corrected chi connectivity index (χ3v) is 7.30. The number of hydrogen-bond acceptors (Lipinski definition) is 5. The number of benzene rings is 3. The van der Waals surface area contributed by atoms with Gasteiger partial charge in [-0.25, -0.2) is 0 Å². The van der Waals surface area contributed by atoms with Crippen molar-refractivity contribution in [2.75, 3.05) is 0 Å². The van der Waals surface area contributed by atoms with Crippen LogP contribution in [-0.4, -0.2) is 9.97 Å². The first-order valence-electron chi connectivity index (χ1n) is 12.4. The molecule has 0 aliphatic carbocycles. The van der Waals surface area contributed by atoms with Crippen LogP contribution in [0, 0.1) is 41.8 Å². The van der Waals surface area contributed by atoms with Crippen LogP contribution in [0.5, 0.6) is 0 Å². The Morgan fingerprint density at radius 2 is 0.976 bits per heavy atom. The Kier molecular flexibility index (Phi) is 5.53. The van der Waals surface area contributed by atoms with Crippen molar-refractivity contribution in [2.45, 2.75) is 0 Å². The molecule has 7 rings (SSSR count). The zero-order chi connectivity index (χ0) is 29.1. The fourth-order valence-electron chi connectivity index (χ4n) is 5.63. The molecular formula is C32H12F4N6. The number of rotatable bonds is 2. The highest BCUT2D eigenvalue weighted by Crippen LogP contribution is 2.35. The van der Waals surface area contributed by atoms with Gasteiger partial charge in [0.2, 0.25) is 30.0 Å². The van der Waals surface area contributed by atoms with Gasteiger partial charge in [0.1, 0.15) is 0 Å². The van der Waals surface area contributed by atoms with Crippen LogP contribution in [0.15, 0.2) is 82.9 Å². The molecule has 0 N–H and O–H groups in total. The van der Waals surface area contributed by atoms with Crippen LogP contribution >= 0.6 is 0 Å². The molecule has 0 radical (unpaired) electrons. The maximum Gasteiger partial charge on any atom is 0.216 e. The number of aromatic nitrogens is 2. The summed E-state index contributed by atoms with van der Waals surface area (Å²) in [5, 5.41) is 19.9. The largest absolute Gasteiger partial charge is 0.216 e. The van der Waals surface area contributed by atoms with Crippen molar-refractivity contribution in [1.82, 2.24) is 9.97 Å². The molecule has 0 amide bonds. The third-order valence-electron chi connectivity index (χ3n) is 7.30. The van der Waals surface area contributed by atoms with E-state index >= 15 is 0 Å². The van der Waals surface area contributed by atoms with E-state index in [9.17, 15) is 22.8 Å². The summed E-state index contributed by atoms with van der Waals surface area (Å²) in [5.74, 6) is -3.82. The molecule has 0 bridgehead atoms. The van der Waals surface area contributed by atoms with Gasteiger partial charge >= 0.3 is 0 Å². The van der Waals surface area contributed by atoms with Crippen molar-refractivity contribution < 1.29 is 17.6 Å². The monoisotopic (exact) mass is 556 g/mol. The Balaban J connectivity index is 1.54. The van der Waals surface area contributed by atoms with Crippen LogP contribution in [0.3, 0.4) is 0 Å². The predicted octanol–water partition coefficient (Wildman–Crippen LogP) is 6.97. The van der Waals surface area contributed by atoms with Gasteiger partial charge in [-0.05, 0) is 68.1 Å². The zero-order valence-electron chi connectivity index (χ0n) is 21.1. The van der Waals surface area contributed by atoms with Gasteiger partial charge in [0.15, 0.2) is 5.36 Å². The molecule has 6 nitrogen and oxygen atoms in total. The van der Waals surface area contributed by atoms with Crippen LogP contribution in [0.25, 0.3) is 70.3 Å². The summed E-state index contributed by atoms with van der Waals surface area (Å²) in [5.41, 5.74) is 1.59. The van der Waals surface area contributed by atoms with E-state index in [1.807, 2.05) is 18.3 Å². The maximum atomic E-state index is 13.8. The van der Waals surface area contributed by atoms with E-state index in [-0.39, 0.29) is 11.1 Å². The molecular weight excluding hydrogens is 544 g/mol. The lowest BCUT2D eigenvalue weighted by Crippen LogP contribution is -1.99. The second kappa shape index (κ2) is 9.29. The second-order valence-corrected chi connectivity index (χ2v) is 9.58. The first-order valence-corrected chi connectivity index (χ1v) is 12.4. The lowest BCUT2D eigenvalue weighted by molar-refractivity contribution is 0.512. The van der Waals surface area contributed by atoms with Crippen molar-refractivity contribution in [3.05, 3.63) is 119 Å². The molecule has 198 valence electrons. The van der Waals surface area contributed by atoms with Gasteiger partial charge in [0, 0.05) is 45.8 Å². The quantitative estimate of drug-likeness (QED) is 0.0759. The molecule has 2 aromatic heterocycles. The van der Waals surface area contributed by atoms with Crippen LogP contribution < -0.4 is 10.7 Å². The van der Waals surface area contributed by atoms with Crippen molar-refractivity contribution in [1.29, 1.82) is 5.26 Å². The Hall–Kier alpha value is -6.00. The highest BCUT2D eigenvalue weighted by atomic mass is 19.1. The van der Waals surface area contributed by atoms with Gasteiger partial charge in [0.05, 0.1) is 10.5 Å². The summed E-state index contributed by atoms with van der Waals surface area (Å²) in [6, 6.07) is 18.6. The van der Waals surface area contributed by atoms with Crippen molar-refractivity contribution >= 4 is 43.1 Å². The number of nitriles is 1. The highest BCUT2D eigenvalue weighted by molar-refractivity contribution is 6.21. The minimum atomic E-state index is -0.955. The SMILES string of the molecule is [C-]#[N+]/N=c1\c2cc(-c3cc(F)nc(F)c3)ccc2c2cc3/c(=N/C#N)c4cc(-c5cc(F)nc(F)c5)ccc4c3cc12. The molecule has 0 fully saturated rings. The molecule has 7 aromatic rings. The van der Waals surface area contributed by atoms with Crippen molar-refractivity contribution in [2.24, 2.45) is 10.1 Å². The molecule has 5 aromatic carbocycles. The average Bonchev–Trinajstić information content (AvgIpc) is 3.42. The molecule has 0 saturated heterocycles. The smallest absolute Gasteiger partial charge is 0.191 e. The van der Waals surface area contributed by atoms with E-state index < -0.39 is 23.8 Å². The fraction of sp³-hybridized carbons (Fsp3) is 0. The van der Waals surface area contributed by atoms with Crippen LogP contribution in [0.2, 0.25) is 0 Å². The summed E-state index contributed by atoms with van der Waals surface area (Å²) < 4.78 is 55.3. The first-order chi connectivity index (χ1) is 20.3. The molecule has 0 aliphatic rings. The first kappa shape index (κ1) is 25.0. The predicted molar refractivity (Wildman–Crippen MR) is 148 cm³/mol. The second-order valence-electron chi connectivity index (χ2n) is 9.58. The summed E-state index contributed by atoms with van der Waals surface area (Å²) in [7, 11) is 0. The van der Waals surface area contributed by atoms with Gasteiger partial charge in [-0.2, -0.15) is 44.4 Å². The van der Waals surface area contributed by atoms with Gasteiger partial charge in [-0.15, -0.1) is 4.95 Å². The van der Waals surface area contributed by atoms with Crippen LogP contribution in [-0.2, 0) is 0 Å². The van der Waals surface area contributed by atoms with Gasteiger partial charge < -0.3 is 0 Å². The molecule has 0 aliphatic heterocycles. The zero-order valence-corrected chi connectivity index (χ0v) is 21.1. The Morgan fingerprint density at radius 3 is 1.43 bits per heavy atom. The summed E-state index contributed by atoms with van der Waals surface area (Å²) in [6.07, 6.45) is 1.85. The van der Waals surface area contributed by atoms with E-state index in [1.165, 1.54) is 0 Å². The Labute approximate surface area is 233 Å². The minimum Gasteiger partial charge on any atom is -0.191 e. The molecule has 10 heteroatoms. The number of nitrogens with zero attached hydrogens (tertiary/aromatic N) is 6. The minimum absolute atomic E-state index is 0.280. The Bertz CT molecular complexity index is 2280. The third kappa shape index (κ3) is 3.86. The van der Waals surface area contributed by atoms with E-state index in [2.05, 4.69) is 25.0 Å². The molecule has 0 spiro atoms. The van der Waals surface area contributed by atoms with E-state index in [0.717, 1.165) is 45.8 Å². The number of halogens is 4. The summed E-state index contributed by atoms with van der Waals surface area (Å²) in [4.78, 5) is 13.6.